The first-order valence-electron chi connectivity index (χ1n) is 12.5. The predicted octanol–water partition coefficient (Wildman–Crippen LogP) is 3.72. The summed E-state index contributed by atoms with van der Waals surface area (Å²) in [5, 5.41) is 14.3. The summed E-state index contributed by atoms with van der Waals surface area (Å²) in [5.41, 5.74) is -0.715. The van der Waals surface area contributed by atoms with Crippen LogP contribution in [0.15, 0.2) is 0 Å². The molecule has 0 aromatic rings. The van der Waals surface area contributed by atoms with E-state index in [2.05, 4.69) is 5.32 Å². The van der Waals surface area contributed by atoms with Crippen molar-refractivity contribution in [3.8, 4) is 0 Å². The van der Waals surface area contributed by atoms with E-state index in [1.807, 2.05) is 0 Å². The van der Waals surface area contributed by atoms with Gasteiger partial charge >= 0.3 is 5.97 Å². The Kier molecular flexibility index (Phi) is 4.22. The van der Waals surface area contributed by atoms with Crippen LogP contribution in [0, 0.1) is 35.0 Å². The third-order valence-electron chi connectivity index (χ3n) is 9.77. The second-order valence-corrected chi connectivity index (χ2v) is 12.7. The number of rotatable bonds is 5. The van der Waals surface area contributed by atoms with Crippen LogP contribution in [-0.2, 0) is 14.3 Å². The molecule has 8 saturated carbocycles. The van der Waals surface area contributed by atoms with Crippen LogP contribution in [0.4, 0.5) is 0 Å². The van der Waals surface area contributed by atoms with Gasteiger partial charge in [-0.15, -0.1) is 0 Å². The maximum Gasteiger partial charge on any atom is 0.307 e. The molecule has 0 saturated heterocycles. The van der Waals surface area contributed by atoms with Crippen molar-refractivity contribution in [2.24, 2.45) is 35.0 Å². The summed E-state index contributed by atoms with van der Waals surface area (Å²) in [5.74, 6) is 3.06. The lowest BCUT2D eigenvalue weighted by Crippen LogP contribution is -2.61. The molecule has 166 valence electrons. The van der Waals surface area contributed by atoms with Gasteiger partial charge in [-0.1, -0.05) is 0 Å². The molecule has 1 amide bonds. The standard InChI is InChI=1S/C25H37NO4/c1-15(22(28)26-24-8-16-2-17(9-24)4-18(3-16)10-24)30-21(27)13-23-6-19-5-20(7-23)12-25(29,11-19)14-23/h15-20,29H,2-14H2,1H3,(H,26,28)/t15-,16?,17?,18?,19-,20-,23?,24?,25?/m0/s1. The highest BCUT2D eigenvalue weighted by molar-refractivity contribution is 5.84. The zero-order valence-corrected chi connectivity index (χ0v) is 18.3. The summed E-state index contributed by atoms with van der Waals surface area (Å²) in [6.07, 6.45) is 12.8. The van der Waals surface area contributed by atoms with Gasteiger partial charge in [0.2, 0.25) is 0 Å². The Hall–Kier alpha value is -1.10. The molecule has 0 unspecified atom stereocenters. The zero-order valence-electron chi connectivity index (χ0n) is 18.3. The largest absolute Gasteiger partial charge is 0.453 e. The lowest BCUT2D eigenvalue weighted by molar-refractivity contribution is -0.180. The van der Waals surface area contributed by atoms with Crippen LogP contribution in [-0.4, -0.2) is 34.2 Å². The van der Waals surface area contributed by atoms with Gasteiger partial charge in [0.25, 0.3) is 5.91 Å². The van der Waals surface area contributed by atoms with Crippen LogP contribution in [0.3, 0.4) is 0 Å². The van der Waals surface area contributed by atoms with Crippen molar-refractivity contribution in [2.45, 2.75) is 108 Å². The lowest BCUT2D eigenvalue weighted by Gasteiger charge is -2.60. The molecule has 3 atom stereocenters. The quantitative estimate of drug-likeness (QED) is 0.671. The van der Waals surface area contributed by atoms with Crippen molar-refractivity contribution in [2.75, 3.05) is 0 Å². The topological polar surface area (TPSA) is 75.6 Å². The van der Waals surface area contributed by atoms with E-state index in [4.69, 9.17) is 4.74 Å². The Bertz CT molecular complexity index is 711. The number of hydrogen-bond donors (Lipinski definition) is 2. The maximum absolute atomic E-state index is 12.9. The minimum atomic E-state index is -0.734. The number of aliphatic hydroxyl groups is 1. The van der Waals surface area contributed by atoms with Crippen molar-refractivity contribution >= 4 is 11.9 Å². The number of carbonyl (C=O) groups excluding carboxylic acids is 2. The van der Waals surface area contributed by atoms with E-state index in [-0.39, 0.29) is 22.8 Å². The molecule has 0 aromatic carbocycles. The highest BCUT2D eigenvalue weighted by Crippen LogP contribution is 2.63. The second kappa shape index (κ2) is 6.46. The molecule has 8 aliphatic rings. The average molecular weight is 416 g/mol. The van der Waals surface area contributed by atoms with Crippen LogP contribution in [0.2, 0.25) is 0 Å². The van der Waals surface area contributed by atoms with Gasteiger partial charge in [0, 0.05) is 5.54 Å². The Morgan fingerprint density at radius 3 is 1.97 bits per heavy atom. The molecule has 0 radical (unpaired) electrons. The molecule has 8 rings (SSSR count). The van der Waals surface area contributed by atoms with E-state index in [0.717, 1.165) is 69.1 Å². The summed E-state index contributed by atoms with van der Waals surface area (Å²) in [7, 11) is 0. The molecule has 8 fully saturated rings. The van der Waals surface area contributed by atoms with E-state index in [9.17, 15) is 14.7 Å². The summed E-state index contributed by atoms with van der Waals surface area (Å²) in [6, 6.07) is 0. The SMILES string of the molecule is C[C@H](OC(=O)CC12C[C@@H]3C[C@H](CC(O)(C3)C1)C2)C(=O)NC12CC3CC(CC(C3)C1)C2. The van der Waals surface area contributed by atoms with E-state index in [1.165, 1.54) is 25.7 Å². The van der Waals surface area contributed by atoms with E-state index >= 15 is 0 Å². The first kappa shape index (κ1) is 19.6. The lowest BCUT2D eigenvalue weighted by atomic mass is 9.47. The normalized spacial score (nSPS) is 51.1. The molecule has 8 bridgehead atoms. The molecule has 0 spiro atoms. The summed E-state index contributed by atoms with van der Waals surface area (Å²) in [6.45, 7) is 1.72. The van der Waals surface area contributed by atoms with Crippen LogP contribution < -0.4 is 5.32 Å². The molecular weight excluding hydrogens is 378 g/mol. The highest BCUT2D eigenvalue weighted by Gasteiger charge is 2.58. The van der Waals surface area contributed by atoms with Gasteiger partial charge in [-0.05, 0) is 119 Å². The third kappa shape index (κ3) is 3.30. The second-order valence-electron chi connectivity index (χ2n) is 12.7. The Morgan fingerprint density at radius 2 is 1.43 bits per heavy atom. The molecule has 0 heterocycles. The first-order chi connectivity index (χ1) is 14.2. The number of nitrogens with one attached hydrogen (secondary N) is 1. The fourth-order valence-corrected chi connectivity index (χ4v) is 9.83. The minimum Gasteiger partial charge on any atom is -0.453 e. The molecule has 0 aliphatic heterocycles. The Balaban J connectivity index is 1.07. The van der Waals surface area contributed by atoms with Crippen LogP contribution in [0.25, 0.3) is 0 Å². The van der Waals surface area contributed by atoms with Crippen LogP contribution in [0.5, 0.6) is 0 Å². The first-order valence-corrected chi connectivity index (χ1v) is 12.5. The van der Waals surface area contributed by atoms with Gasteiger partial charge in [-0.2, -0.15) is 0 Å². The van der Waals surface area contributed by atoms with Crippen molar-refractivity contribution in [3.63, 3.8) is 0 Å². The number of hydrogen-bond acceptors (Lipinski definition) is 4. The van der Waals surface area contributed by atoms with Crippen molar-refractivity contribution in [3.05, 3.63) is 0 Å². The van der Waals surface area contributed by atoms with Crippen molar-refractivity contribution in [1.82, 2.24) is 5.32 Å². The fourth-order valence-electron chi connectivity index (χ4n) is 9.83. The van der Waals surface area contributed by atoms with Crippen molar-refractivity contribution in [1.29, 1.82) is 0 Å². The van der Waals surface area contributed by atoms with Crippen LogP contribution >= 0.6 is 0 Å². The van der Waals surface area contributed by atoms with Crippen molar-refractivity contribution < 1.29 is 19.4 Å². The molecule has 8 aliphatic carbocycles. The Morgan fingerprint density at radius 1 is 0.900 bits per heavy atom. The number of ether oxygens (including phenoxy) is 1. The zero-order chi connectivity index (χ0) is 20.7. The summed E-state index contributed by atoms with van der Waals surface area (Å²) >= 11 is 0. The molecular formula is C25H37NO4. The van der Waals surface area contributed by atoms with Gasteiger partial charge in [0.15, 0.2) is 6.10 Å². The minimum absolute atomic E-state index is 0.0459. The highest BCUT2D eigenvalue weighted by atomic mass is 16.5. The third-order valence-corrected chi connectivity index (χ3v) is 9.77. The van der Waals surface area contributed by atoms with E-state index in [0.29, 0.717) is 18.3 Å². The number of amides is 1. The average Bonchev–Trinajstić information content (AvgIpc) is 2.57. The summed E-state index contributed by atoms with van der Waals surface area (Å²) in [4.78, 5) is 25.8. The van der Waals surface area contributed by atoms with Crippen LogP contribution in [0.1, 0.15) is 90.4 Å². The molecule has 30 heavy (non-hydrogen) atoms. The van der Waals surface area contributed by atoms with E-state index in [1.54, 1.807) is 6.92 Å². The predicted molar refractivity (Wildman–Crippen MR) is 111 cm³/mol. The van der Waals surface area contributed by atoms with E-state index < -0.39 is 11.7 Å². The molecule has 0 aromatic heterocycles. The van der Waals surface area contributed by atoms with Gasteiger partial charge in [-0.25, -0.2) is 0 Å². The monoisotopic (exact) mass is 415 g/mol. The fraction of sp³-hybridized carbons (Fsp3) is 0.920. The van der Waals surface area contributed by atoms with Gasteiger partial charge in [-0.3, -0.25) is 9.59 Å². The smallest absolute Gasteiger partial charge is 0.307 e. The molecule has 2 N–H and O–H groups in total. The molecule has 5 heteroatoms. The van der Waals surface area contributed by atoms with Gasteiger partial charge in [0.05, 0.1) is 12.0 Å². The van der Waals surface area contributed by atoms with Gasteiger partial charge in [0.1, 0.15) is 0 Å². The Labute approximate surface area is 179 Å². The number of carbonyl (C=O) groups is 2. The maximum atomic E-state index is 12.9. The summed E-state index contributed by atoms with van der Waals surface area (Å²) < 4.78 is 5.67. The molecule has 5 nitrogen and oxygen atoms in total. The number of esters is 1. The van der Waals surface area contributed by atoms with Gasteiger partial charge < -0.3 is 15.2 Å².